The van der Waals surface area contributed by atoms with Crippen LogP contribution in [0.4, 0.5) is 4.79 Å². The molecule has 1 fully saturated rings. The van der Waals surface area contributed by atoms with Gasteiger partial charge in [0.25, 0.3) is 0 Å². The molecule has 2 heterocycles. The number of nitrogens with one attached hydrogen (secondary N) is 1. The van der Waals surface area contributed by atoms with E-state index < -0.39 is 21.7 Å². The highest BCUT2D eigenvalue weighted by Crippen LogP contribution is 2.34. The van der Waals surface area contributed by atoms with E-state index in [4.69, 9.17) is 4.74 Å². The molecule has 32 heavy (non-hydrogen) atoms. The first kappa shape index (κ1) is 22.2. The zero-order valence-corrected chi connectivity index (χ0v) is 19.2. The van der Waals surface area contributed by atoms with Gasteiger partial charge in [-0.25, -0.2) is 13.2 Å². The van der Waals surface area contributed by atoms with Gasteiger partial charge in [0.15, 0.2) is 0 Å². The number of benzene rings is 2. The summed E-state index contributed by atoms with van der Waals surface area (Å²) < 4.78 is 34.0. The molecule has 1 saturated heterocycles. The lowest BCUT2D eigenvalue weighted by molar-refractivity contribution is 0.0507. The summed E-state index contributed by atoms with van der Waals surface area (Å²) in [6, 6.07) is 14.6. The lowest BCUT2D eigenvalue weighted by Crippen LogP contribution is -2.41. The van der Waals surface area contributed by atoms with Crippen molar-refractivity contribution in [2.24, 2.45) is 0 Å². The third-order valence-electron chi connectivity index (χ3n) is 5.32. The number of carbonyl (C=O) groups excluding carboxylic acids is 1. The fraction of sp³-hybridized carbons (Fsp3) is 0.333. The molecule has 4 rings (SSSR count). The van der Waals surface area contributed by atoms with Gasteiger partial charge < -0.3 is 10.1 Å². The van der Waals surface area contributed by atoms with Crippen LogP contribution in [0.2, 0.25) is 0 Å². The molecule has 3 aromatic rings. The van der Waals surface area contributed by atoms with Crippen LogP contribution < -0.4 is 5.32 Å². The van der Waals surface area contributed by atoms with Crippen molar-refractivity contribution in [3.63, 3.8) is 0 Å². The zero-order chi connectivity index (χ0) is 22.9. The predicted octanol–water partition coefficient (Wildman–Crippen LogP) is 4.19. The van der Waals surface area contributed by atoms with Crippen molar-refractivity contribution in [1.82, 2.24) is 14.6 Å². The number of hydrogen-bond donors (Lipinski definition) is 1. The Hall–Kier alpha value is -2.97. The number of rotatable bonds is 4. The monoisotopic (exact) mass is 453 g/mol. The summed E-state index contributed by atoms with van der Waals surface area (Å²) in [5.74, 6) is 0. The molecule has 1 aromatic heterocycles. The van der Waals surface area contributed by atoms with Gasteiger partial charge in [0.05, 0.1) is 4.90 Å². The van der Waals surface area contributed by atoms with Crippen molar-refractivity contribution < 1.29 is 17.9 Å². The minimum Gasteiger partial charge on any atom is -0.444 e. The van der Waals surface area contributed by atoms with E-state index in [0.717, 1.165) is 16.5 Å². The Kier molecular flexibility index (Phi) is 5.92. The Bertz CT molecular complexity index is 1230. The van der Waals surface area contributed by atoms with Crippen molar-refractivity contribution >= 4 is 26.9 Å². The summed E-state index contributed by atoms with van der Waals surface area (Å²) in [5.41, 5.74) is 1.06. The lowest BCUT2D eigenvalue weighted by atomic mass is 10.0. The first-order valence-electron chi connectivity index (χ1n) is 10.6. The van der Waals surface area contributed by atoms with Crippen LogP contribution in [-0.2, 0) is 14.8 Å². The maximum absolute atomic E-state index is 13.7. The minimum absolute atomic E-state index is 0.198. The average Bonchev–Trinajstić information content (AvgIpc) is 3.21. The number of fused-ring (bicyclic) bond motifs is 1. The van der Waals surface area contributed by atoms with Gasteiger partial charge in [-0.05, 0) is 38.8 Å². The van der Waals surface area contributed by atoms with Gasteiger partial charge >= 0.3 is 6.09 Å². The maximum Gasteiger partial charge on any atom is 0.407 e. The molecule has 1 N–H and O–H groups in total. The first-order chi connectivity index (χ1) is 15.1. The highest BCUT2D eigenvalue weighted by atomic mass is 32.2. The summed E-state index contributed by atoms with van der Waals surface area (Å²) in [4.78, 5) is 16.7. The highest BCUT2D eigenvalue weighted by Gasteiger charge is 2.35. The van der Waals surface area contributed by atoms with Crippen LogP contribution in [0.1, 0.15) is 27.2 Å². The van der Waals surface area contributed by atoms with Crippen molar-refractivity contribution in [2.75, 3.05) is 13.1 Å². The number of amides is 1. The molecule has 168 valence electrons. The van der Waals surface area contributed by atoms with Gasteiger partial charge in [0.2, 0.25) is 10.0 Å². The molecule has 0 bridgehead atoms. The van der Waals surface area contributed by atoms with Crippen LogP contribution >= 0.6 is 0 Å². The summed E-state index contributed by atoms with van der Waals surface area (Å²) >= 11 is 0. The van der Waals surface area contributed by atoms with Crippen molar-refractivity contribution in [3.8, 4) is 11.1 Å². The topological polar surface area (TPSA) is 88.6 Å². The van der Waals surface area contributed by atoms with Crippen LogP contribution in [0, 0.1) is 0 Å². The van der Waals surface area contributed by atoms with Gasteiger partial charge in [-0.1, -0.05) is 42.5 Å². The maximum atomic E-state index is 13.7. The SMILES string of the molecule is CC(C)(C)OC(=O)NC1CCN(S(=O)(=O)c2cccc3cncc(-c4ccccc4)c23)C1. The van der Waals surface area contributed by atoms with Crippen molar-refractivity contribution in [2.45, 2.75) is 43.7 Å². The molecule has 0 radical (unpaired) electrons. The van der Waals surface area contributed by atoms with Gasteiger partial charge in [-0.2, -0.15) is 4.31 Å². The number of aromatic nitrogens is 1. The summed E-state index contributed by atoms with van der Waals surface area (Å²) in [7, 11) is -3.79. The highest BCUT2D eigenvalue weighted by molar-refractivity contribution is 7.89. The Morgan fingerprint density at radius 2 is 1.84 bits per heavy atom. The largest absolute Gasteiger partial charge is 0.444 e. The van der Waals surface area contributed by atoms with Crippen LogP contribution in [0.5, 0.6) is 0 Å². The molecular formula is C24H27N3O4S. The Balaban J connectivity index is 1.65. The van der Waals surface area contributed by atoms with Crippen LogP contribution in [0.15, 0.2) is 65.8 Å². The van der Waals surface area contributed by atoms with Crippen LogP contribution in [0.3, 0.4) is 0 Å². The minimum atomic E-state index is -3.79. The molecular weight excluding hydrogens is 426 g/mol. The second kappa shape index (κ2) is 8.52. The van der Waals surface area contributed by atoms with Gasteiger partial charge in [-0.15, -0.1) is 0 Å². The number of alkyl carbamates (subject to hydrolysis) is 1. The predicted molar refractivity (Wildman–Crippen MR) is 124 cm³/mol. The van der Waals surface area contributed by atoms with E-state index in [9.17, 15) is 13.2 Å². The van der Waals surface area contributed by atoms with Crippen molar-refractivity contribution in [1.29, 1.82) is 0 Å². The van der Waals surface area contributed by atoms with E-state index in [1.54, 1.807) is 45.3 Å². The van der Waals surface area contributed by atoms with Crippen LogP contribution in [0.25, 0.3) is 21.9 Å². The third-order valence-corrected chi connectivity index (χ3v) is 7.23. The fourth-order valence-corrected chi connectivity index (χ4v) is 5.67. The van der Waals surface area contributed by atoms with Gasteiger partial charge in [0, 0.05) is 47.9 Å². The standard InChI is InChI=1S/C24H27N3O4S/c1-24(2,3)31-23(28)26-19-12-13-27(16-19)32(29,30)21-11-7-10-18-14-25-15-20(22(18)21)17-8-5-4-6-9-17/h4-11,14-15,19H,12-13,16H2,1-3H3,(H,26,28). The number of sulfonamides is 1. The summed E-state index contributed by atoms with van der Waals surface area (Å²) in [6.45, 7) is 5.89. The number of pyridine rings is 1. The molecule has 7 nitrogen and oxygen atoms in total. The smallest absolute Gasteiger partial charge is 0.407 e. The molecule has 1 aliphatic heterocycles. The van der Waals surface area contributed by atoms with Crippen molar-refractivity contribution in [3.05, 3.63) is 60.9 Å². The summed E-state index contributed by atoms with van der Waals surface area (Å²) in [6.07, 6.45) is 3.37. The Labute approximate surface area is 188 Å². The number of ether oxygens (including phenoxy) is 1. The molecule has 1 unspecified atom stereocenters. The van der Waals surface area contributed by atoms with E-state index in [1.807, 2.05) is 36.4 Å². The number of nitrogens with zero attached hydrogens (tertiary/aromatic N) is 2. The van der Waals surface area contributed by atoms with E-state index >= 15 is 0 Å². The molecule has 1 atom stereocenters. The second-order valence-electron chi connectivity index (χ2n) is 8.90. The van der Waals surface area contributed by atoms with E-state index in [-0.39, 0.29) is 17.5 Å². The molecule has 0 spiro atoms. The molecule has 2 aromatic carbocycles. The Morgan fingerprint density at radius 3 is 2.56 bits per heavy atom. The molecule has 1 amide bonds. The molecule has 0 saturated carbocycles. The lowest BCUT2D eigenvalue weighted by Gasteiger charge is -2.22. The number of hydrogen-bond acceptors (Lipinski definition) is 5. The first-order valence-corrected chi connectivity index (χ1v) is 12.0. The van der Waals surface area contributed by atoms with E-state index in [1.165, 1.54) is 4.31 Å². The van der Waals surface area contributed by atoms with E-state index in [2.05, 4.69) is 10.3 Å². The van der Waals surface area contributed by atoms with E-state index in [0.29, 0.717) is 18.4 Å². The molecule has 0 aliphatic carbocycles. The quantitative estimate of drug-likeness (QED) is 0.640. The van der Waals surface area contributed by atoms with Gasteiger partial charge in [0.1, 0.15) is 5.60 Å². The van der Waals surface area contributed by atoms with Gasteiger partial charge in [-0.3, -0.25) is 4.98 Å². The third kappa shape index (κ3) is 4.61. The summed E-state index contributed by atoms with van der Waals surface area (Å²) in [5, 5.41) is 4.20. The normalized spacial score (nSPS) is 17.4. The molecule has 8 heteroatoms. The molecule has 1 aliphatic rings. The fourth-order valence-electron chi connectivity index (χ4n) is 3.93. The second-order valence-corrected chi connectivity index (χ2v) is 10.8. The average molecular weight is 454 g/mol. The zero-order valence-electron chi connectivity index (χ0n) is 18.4. The van der Waals surface area contributed by atoms with Crippen LogP contribution in [-0.4, -0.2) is 48.5 Å². The Morgan fingerprint density at radius 1 is 1.09 bits per heavy atom. The number of carbonyl (C=O) groups is 1.